The molecule has 2 aromatic carbocycles. The third-order valence-electron chi connectivity index (χ3n) is 7.28. The topological polar surface area (TPSA) is 82.1 Å². The molecule has 174 valence electrons. The number of aliphatic hydroxyl groups excluding tert-OH is 1. The molecule has 3 heterocycles. The van der Waals surface area contributed by atoms with Gasteiger partial charge in [0.2, 0.25) is 11.8 Å². The summed E-state index contributed by atoms with van der Waals surface area (Å²) >= 11 is 0. The van der Waals surface area contributed by atoms with E-state index in [1.807, 2.05) is 41.3 Å². The zero-order chi connectivity index (χ0) is 22.8. The molecule has 2 atom stereocenters. The van der Waals surface area contributed by atoms with Gasteiger partial charge in [-0.25, -0.2) is 0 Å². The highest BCUT2D eigenvalue weighted by molar-refractivity contribution is 5.85. The maximum absolute atomic E-state index is 13.2. The van der Waals surface area contributed by atoms with E-state index in [0.717, 1.165) is 24.8 Å². The summed E-state index contributed by atoms with van der Waals surface area (Å²) in [6, 6.07) is 17.1. The summed E-state index contributed by atoms with van der Waals surface area (Å²) < 4.78 is 6.21. The second-order valence-corrected chi connectivity index (χ2v) is 9.20. The SMILES string of the molecule is O=C(CN[C@@H](C(=O)N1CCCC1O)c1ccccc1)N1CCC2(CC1)OCc1ccccc12. The number of piperidine rings is 1. The Morgan fingerprint density at radius 2 is 1.79 bits per heavy atom. The van der Waals surface area contributed by atoms with Crippen LogP contribution >= 0.6 is 0 Å². The molecular weight excluding hydrogens is 418 g/mol. The van der Waals surface area contributed by atoms with Gasteiger partial charge in [-0.2, -0.15) is 0 Å². The molecule has 0 saturated carbocycles. The van der Waals surface area contributed by atoms with Gasteiger partial charge in [-0.3, -0.25) is 14.9 Å². The fourth-order valence-electron chi connectivity index (χ4n) is 5.38. The van der Waals surface area contributed by atoms with E-state index in [-0.39, 0.29) is 24.0 Å². The van der Waals surface area contributed by atoms with Crippen molar-refractivity contribution in [3.63, 3.8) is 0 Å². The van der Waals surface area contributed by atoms with E-state index in [2.05, 4.69) is 23.5 Å². The third kappa shape index (κ3) is 4.28. The number of ether oxygens (including phenoxy) is 1. The van der Waals surface area contributed by atoms with Gasteiger partial charge in [0.05, 0.1) is 18.8 Å². The van der Waals surface area contributed by atoms with Crippen LogP contribution in [0.1, 0.15) is 48.4 Å². The number of fused-ring (bicyclic) bond motifs is 2. The molecule has 7 heteroatoms. The van der Waals surface area contributed by atoms with Crippen LogP contribution in [0.15, 0.2) is 54.6 Å². The standard InChI is InChI=1S/C26H31N3O4/c30-22-11-6-14-29(22)25(32)24(19-7-2-1-3-8-19)27-17-23(31)28-15-12-26(13-16-28)21-10-5-4-9-20(21)18-33-26/h1-5,7-10,22,24,27,30H,6,11-18H2/t22?,24-/m1/s1. The van der Waals surface area contributed by atoms with Gasteiger partial charge in [0.1, 0.15) is 12.3 Å². The van der Waals surface area contributed by atoms with E-state index in [1.54, 1.807) is 0 Å². The van der Waals surface area contributed by atoms with Crippen molar-refractivity contribution in [3.8, 4) is 0 Å². The molecule has 2 saturated heterocycles. The van der Waals surface area contributed by atoms with Gasteiger partial charge < -0.3 is 19.6 Å². The molecule has 1 unspecified atom stereocenters. The van der Waals surface area contributed by atoms with E-state index in [0.29, 0.717) is 32.7 Å². The molecule has 5 rings (SSSR count). The average molecular weight is 450 g/mol. The van der Waals surface area contributed by atoms with Gasteiger partial charge >= 0.3 is 0 Å². The number of aliphatic hydroxyl groups is 1. The average Bonchev–Trinajstić information content (AvgIpc) is 3.44. The summed E-state index contributed by atoms with van der Waals surface area (Å²) in [5, 5.41) is 13.4. The Hall–Kier alpha value is -2.74. The zero-order valence-corrected chi connectivity index (χ0v) is 18.8. The monoisotopic (exact) mass is 449 g/mol. The summed E-state index contributed by atoms with van der Waals surface area (Å²) in [6.45, 7) is 2.50. The van der Waals surface area contributed by atoms with Gasteiger partial charge in [-0.1, -0.05) is 54.6 Å². The summed E-state index contributed by atoms with van der Waals surface area (Å²) in [7, 11) is 0. The van der Waals surface area contributed by atoms with Gasteiger partial charge in [0, 0.05) is 19.6 Å². The van der Waals surface area contributed by atoms with Crippen LogP contribution in [0, 0.1) is 0 Å². The molecule has 1 spiro atoms. The number of nitrogens with zero attached hydrogens (tertiary/aromatic N) is 2. The van der Waals surface area contributed by atoms with E-state index >= 15 is 0 Å². The summed E-state index contributed by atoms with van der Waals surface area (Å²) in [4.78, 5) is 29.6. The summed E-state index contributed by atoms with van der Waals surface area (Å²) in [5.41, 5.74) is 3.01. The molecule has 0 aliphatic carbocycles. The number of carbonyl (C=O) groups excluding carboxylic acids is 2. The normalized spacial score (nSPS) is 22.4. The van der Waals surface area contributed by atoms with E-state index in [4.69, 9.17) is 4.74 Å². The minimum Gasteiger partial charge on any atom is -0.374 e. The van der Waals surface area contributed by atoms with Gasteiger partial charge in [-0.05, 0) is 42.4 Å². The first-order valence-electron chi connectivity index (χ1n) is 11.8. The smallest absolute Gasteiger partial charge is 0.246 e. The molecular formula is C26H31N3O4. The first kappa shape index (κ1) is 22.1. The molecule has 2 N–H and O–H groups in total. The number of benzene rings is 2. The highest BCUT2D eigenvalue weighted by Crippen LogP contribution is 2.43. The Balaban J connectivity index is 1.22. The van der Waals surface area contributed by atoms with E-state index < -0.39 is 12.3 Å². The summed E-state index contributed by atoms with van der Waals surface area (Å²) in [6.07, 6.45) is 2.17. The number of hydrogen-bond donors (Lipinski definition) is 2. The van der Waals surface area contributed by atoms with Crippen LogP contribution in [0.4, 0.5) is 0 Å². The molecule has 3 aliphatic rings. The number of nitrogens with one attached hydrogen (secondary N) is 1. The Morgan fingerprint density at radius 1 is 1.06 bits per heavy atom. The van der Waals surface area contributed by atoms with Gasteiger partial charge in [-0.15, -0.1) is 0 Å². The number of amides is 2. The van der Waals surface area contributed by atoms with Crippen molar-refractivity contribution in [2.24, 2.45) is 0 Å². The number of hydrogen-bond acceptors (Lipinski definition) is 5. The van der Waals surface area contributed by atoms with Crippen LogP contribution in [0.2, 0.25) is 0 Å². The van der Waals surface area contributed by atoms with Crippen molar-refractivity contribution in [2.45, 2.75) is 50.2 Å². The minimum absolute atomic E-state index is 0.0215. The van der Waals surface area contributed by atoms with Crippen LogP contribution in [0.3, 0.4) is 0 Å². The predicted octanol–water partition coefficient (Wildman–Crippen LogP) is 2.31. The Morgan fingerprint density at radius 3 is 2.52 bits per heavy atom. The Bertz CT molecular complexity index is 1000. The Labute approximate surface area is 194 Å². The van der Waals surface area contributed by atoms with Crippen molar-refractivity contribution in [1.29, 1.82) is 0 Å². The van der Waals surface area contributed by atoms with Crippen molar-refractivity contribution in [3.05, 3.63) is 71.3 Å². The van der Waals surface area contributed by atoms with E-state index in [9.17, 15) is 14.7 Å². The van der Waals surface area contributed by atoms with Crippen LogP contribution in [0.5, 0.6) is 0 Å². The molecule has 2 amide bonds. The number of likely N-dealkylation sites (tertiary alicyclic amines) is 2. The van der Waals surface area contributed by atoms with Crippen LogP contribution in [-0.4, -0.2) is 59.1 Å². The molecule has 0 bridgehead atoms. The molecule has 0 aromatic heterocycles. The largest absolute Gasteiger partial charge is 0.374 e. The summed E-state index contributed by atoms with van der Waals surface area (Å²) in [5.74, 6) is -0.209. The molecule has 2 fully saturated rings. The lowest BCUT2D eigenvalue weighted by Crippen LogP contribution is -2.49. The van der Waals surface area contributed by atoms with Crippen LogP contribution < -0.4 is 5.32 Å². The lowest BCUT2D eigenvalue weighted by atomic mass is 9.84. The molecule has 3 aliphatic heterocycles. The highest BCUT2D eigenvalue weighted by Gasteiger charge is 2.43. The van der Waals surface area contributed by atoms with Crippen molar-refractivity contribution >= 4 is 11.8 Å². The lowest BCUT2D eigenvalue weighted by Gasteiger charge is -2.39. The van der Waals surface area contributed by atoms with Crippen molar-refractivity contribution in [2.75, 3.05) is 26.2 Å². The number of rotatable bonds is 5. The minimum atomic E-state index is -0.756. The molecule has 33 heavy (non-hydrogen) atoms. The molecule has 7 nitrogen and oxygen atoms in total. The highest BCUT2D eigenvalue weighted by atomic mass is 16.5. The van der Waals surface area contributed by atoms with Gasteiger partial charge in [0.25, 0.3) is 0 Å². The van der Waals surface area contributed by atoms with Crippen molar-refractivity contribution in [1.82, 2.24) is 15.1 Å². The first-order valence-corrected chi connectivity index (χ1v) is 11.8. The maximum Gasteiger partial charge on any atom is 0.246 e. The predicted molar refractivity (Wildman–Crippen MR) is 123 cm³/mol. The second-order valence-electron chi connectivity index (χ2n) is 9.20. The Kier molecular flexibility index (Phi) is 6.19. The fraction of sp³-hybridized carbons (Fsp3) is 0.462. The molecule has 2 aromatic rings. The number of carbonyl (C=O) groups is 2. The fourth-order valence-corrected chi connectivity index (χ4v) is 5.38. The van der Waals surface area contributed by atoms with Crippen LogP contribution in [-0.2, 0) is 26.5 Å². The third-order valence-corrected chi connectivity index (χ3v) is 7.28. The van der Waals surface area contributed by atoms with Gasteiger partial charge in [0.15, 0.2) is 0 Å². The second kappa shape index (κ2) is 9.25. The van der Waals surface area contributed by atoms with E-state index in [1.165, 1.54) is 16.0 Å². The van der Waals surface area contributed by atoms with Crippen LogP contribution in [0.25, 0.3) is 0 Å². The van der Waals surface area contributed by atoms with Crippen molar-refractivity contribution < 1.29 is 19.4 Å². The first-order chi connectivity index (χ1) is 16.1. The zero-order valence-electron chi connectivity index (χ0n) is 18.8. The lowest BCUT2D eigenvalue weighted by molar-refractivity contribution is -0.141. The maximum atomic E-state index is 13.2. The molecule has 0 radical (unpaired) electrons. The quantitative estimate of drug-likeness (QED) is 0.732.